The topological polar surface area (TPSA) is 84.4 Å². The molecule has 1 saturated heterocycles. The van der Waals surface area contributed by atoms with Crippen LogP contribution in [0.25, 0.3) is 0 Å². The fourth-order valence-electron chi connectivity index (χ4n) is 3.10. The summed E-state index contributed by atoms with van der Waals surface area (Å²) in [5.41, 5.74) is 0.561. The third-order valence-electron chi connectivity index (χ3n) is 4.06. The van der Waals surface area contributed by atoms with E-state index in [0.717, 1.165) is 25.8 Å². The second kappa shape index (κ2) is 6.43. The molecule has 1 aromatic rings. The first-order chi connectivity index (χ1) is 9.97. The lowest BCUT2D eigenvalue weighted by Gasteiger charge is -2.37. The molecule has 1 N–H and O–H groups in total. The van der Waals surface area contributed by atoms with Gasteiger partial charge in [-0.05, 0) is 46.5 Å². The Morgan fingerprint density at radius 1 is 1.48 bits per heavy atom. The molecule has 1 aromatic heterocycles. The minimum atomic E-state index is -0.332. The van der Waals surface area contributed by atoms with Gasteiger partial charge in [0.15, 0.2) is 0 Å². The molecule has 7 heteroatoms. The first kappa shape index (κ1) is 15.8. The molecule has 2 heterocycles. The number of nitro groups is 1. The monoisotopic (exact) mass is 296 g/mol. The molecule has 1 fully saturated rings. The van der Waals surface area contributed by atoms with Gasteiger partial charge in [0.2, 0.25) is 5.82 Å². The number of hydrogen-bond donors (Lipinski definition) is 1. The summed E-state index contributed by atoms with van der Waals surface area (Å²) in [6.45, 7) is 6.52. The molecule has 2 rings (SSSR count). The highest BCUT2D eigenvalue weighted by Gasteiger charge is 2.34. The molecule has 1 atom stereocenters. The quantitative estimate of drug-likeness (QED) is 0.666. The molecule has 0 saturated carbocycles. The summed E-state index contributed by atoms with van der Waals surface area (Å²) in [5.74, 6) is 0.602. The number of aliphatic hydroxyl groups excluding tert-OH is 1. The molecule has 0 bridgehead atoms. The molecule has 21 heavy (non-hydrogen) atoms. The summed E-state index contributed by atoms with van der Waals surface area (Å²) in [6.07, 6.45) is 3.71. The fourth-order valence-corrected chi connectivity index (χ4v) is 3.10. The largest absolute Gasteiger partial charge is 0.396 e. The van der Waals surface area contributed by atoms with Crippen molar-refractivity contribution in [2.45, 2.75) is 58.5 Å². The maximum Gasteiger partial charge on any atom is 0.333 e. The lowest BCUT2D eigenvalue weighted by Crippen LogP contribution is -2.41. The van der Waals surface area contributed by atoms with Crippen molar-refractivity contribution >= 4 is 11.5 Å². The highest BCUT2D eigenvalue weighted by Crippen LogP contribution is 2.37. The van der Waals surface area contributed by atoms with Crippen LogP contribution in [0.3, 0.4) is 0 Å². The van der Waals surface area contributed by atoms with Crippen LogP contribution in [0.5, 0.6) is 0 Å². The number of nitrogens with zero attached hydrogens (tertiary/aromatic N) is 4. The molecule has 0 radical (unpaired) electrons. The Bertz CT molecular complexity index is 511. The molecule has 1 aliphatic rings. The summed E-state index contributed by atoms with van der Waals surface area (Å²) < 4.78 is 1.75. The van der Waals surface area contributed by atoms with Crippen LogP contribution in [0, 0.1) is 17.0 Å². The van der Waals surface area contributed by atoms with E-state index >= 15 is 0 Å². The molecular weight excluding hydrogens is 272 g/mol. The molecule has 118 valence electrons. The molecule has 1 unspecified atom stereocenters. The average molecular weight is 296 g/mol. The number of anilines is 1. The second-order valence-electron chi connectivity index (χ2n) is 5.91. The normalized spacial score (nSPS) is 19.3. The highest BCUT2D eigenvalue weighted by molar-refractivity contribution is 5.62. The SMILES string of the molecule is Cc1nn(C(C)C)c(N2CCCCC2CCO)c1[N+](=O)[O-]. The van der Waals surface area contributed by atoms with Gasteiger partial charge in [-0.2, -0.15) is 5.10 Å². The van der Waals surface area contributed by atoms with E-state index in [1.807, 2.05) is 13.8 Å². The lowest BCUT2D eigenvalue weighted by molar-refractivity contribution is -0.384. The van der Waals surface area contributed by atoms with Gasteiger partial charge >= 0.3 is 5.69 Å². The maximum atomic E-state index is 11.5. The van der Waals surface area contributed by atoms with Crippen LogP contribution >= 0.6 is 0 Å². The van der Waals surface area contributed by atoms with Gasteiger partial charge in [-0.3, -0.25) is 10.1 Å². The Morgan fingerprint density at radius 2 is 2.19 bits per heavy atom. The van der Waals surface area contributed by atoms with Crippen molar-refractivity contribution in [1.82, 2.24) is 9.78 Å². The Hall–Kier alpha value is -1.63. The Kier molecular flexibility index (Phi) is 4.82. The van der Waals surface area contributed by atoms with Gasteiger partial charge in [0.05, 0.1) is 4.92 Å². The lowest BCUT2D eigenvalue weighted by atomic mass is 9.99. The van der Waals surface area contributed by atoms with Gasteiger partial charge in [0.25, 0.3) is 0 Å². The van der Waals surface area contributed by atoms with Crippen LogP contribution in [0.1, 0.15) is 51.3 Å². The summed E-state index contributed by atoms with van der Waals surface area (Å²) in [5, 5.41) is 25.1. The zero-order valence-electron chi connectivity index (χ0n) is 12.9. The summed E-state index contributed by atoms with van der Waals surface area (Å²) in [4.78, 5) is 13.2. The van der Waals surface area contributed by atoms with E-state index in [2.05, 4.69) is 10.00 Å². The number of aliphatic hydroxyl groups is 1. The third kappa shape index (κ3) is 3.02. The minimum Gasteiger partial charge on any atom is -0.396 e. The molecular formula is C14H24N4O3. The molecule has 1 aliphatic heterocycles. The van der Waals surface area contributed by atoms with E-state index in [-0.39, 0.29) is 29.3 Å². The highest BCUT2D eigenvalue weighted by atomic mass is 16.6. The molecule has 7 nitrogen and oxygen atoms in total. The van der Waals surface area contributed by atoms with Crippen molar-refractivity contribution in [2.75, 3.05) is 18.1 Å². The Labute approximate surface area is 124 Å². The van der Waals surface area contributed by atoms with Gasteiger partial charge in [0.1, 0.15) is 5.69 Å². The van der Waals surface area contributed by atoms with Crippen molar-refractivity contribution in [3.8, 4) is 0 Å². The van der Waals surface area contributed by atoms with Gasteiger partial charge in [0, 0.05) is 25.2 Å². The van der Waals surface area contributed by atoms with Crippen molar-refractivity contribution < 1.29 is 10.0 Å². The number of rotatable bonds is 5. The zero-order valence-corrected chi connectivity index (χ0v) is 12.9. The average Bonchev–Trinajstić information content (AvgIpc) is 2.77. The van der Waals surface area contributed by atoms with E-state index in [4.69, 9.17) is 0 Å². The van der Waals surface area contributed by atoms with Crippen LogP contribution in [0.2, 0.25) is 0 Å². The predicted octanol–water partition coefficient (Wildman–Crippen LogP) is 2.42. The van der Waals surface area contributed by atoms with E-state index in [9.17, 15) is 15.2 Å². The molecule has 0 spiro atoms. The molecule has 0 amide bonds. The van der Waals surface area contributed by atoms with Crippen molar-refractivity contribution in [1.29, 1.82) is 0 Å². The van der Waals surface area contributed by atoms with Gasteiger partial charge in [-0.25, -0.2) is 4.68 Å². The van der Waals surface area contributed by atoms with Crippen molar-refractivity contribution in [3.05, 3.63) is 15.8 Å². The third-order valence-corrected chi connectivity index (χ3v) is 4.06. The Morgan fingerprint density at radius 3 is 2.76 bits per heavy atom. The van der Waals surface area contributed by atoms with E-state index < -0.39 is 0 Å². The first-order valence-corrected chi connectivity index (χ1v) is 7.58. The number of aryl methyl sites for hydroxylation is 1. The smallest absolute Gasteiger partial charge is 0.333 e. The standard InChI is InChI=1S/C14H24N4O3/c1-10(2)17-14(13(18(20)21)11(3)15-17)16-8-5-4-6-12(16)7-9-19/h10,12,19H,4-9H2,1-3H3. The zero-order chi connectivity index (χ0) is 15.6. The van der Waals surface area contributed by atoms with Crippen LogP contribution in [0.4, 0.5) is 11.5 Å². The summed E-state index contributed by atoms with van der Waals surface area (Å²) >= 11 is 0. The van der Waals surface area contributed by atoms with Crippen LogP contribution in [0.15, 0.2) is 0 Å². The van der Waals surface area contributed by atoms with E-state index in [1.54, 1.807) is 11.6 Å². The van der Waals surface area contributed by atoms with Crippen LogP contribution in [-0.2, 0) is 0 Å². The van der Waals surface area contributed by atoms with Crippen LogP contribution in [-0.4, -0.2) is 39.0 Å². The maximum absolute atomic E-state index is 11.5. The summed E-state index contributed by atoms with van der Waals surface area (Å²) in [6, 6.07) is 0.208. The fraction of sp³-hybridized carbons (Fsp3) is 0.786. The van der Waals surface area contributed by atoms with Gasteiger partial charge in [-0.1, -0.05) is 0 Å². The van der Waals surface area contributed by atoms with E-state index in [1.165, 1.54) is 0 Å². The van der Waals surface area contributed by atoms with E-state index in [0.29, 0.717) is 17.9 Å². The van der Waals surface area contributed by atoms with Gasteiger partial charge < -0.3 is 10.0 Å². The first-order valence-electron chi connectivity index (χ1n) is 7.58. The minimum absolute atomic E-state index is 0.0594. The number of aromatic nitrogens is 2. The summed E-state index contributed by atoms with van der Waals surface area (Å²) in [7, 11) is 0. The molecule has 0 aliphatic carbocycles. The van der Waals surface area contributed by atoms with Crippen molar-refractivity contribution in [3.63, 3.8) is 0 Å². The van der Waals surface area contributed by atoms with Crippen molar-refractivity contribution in [2.24, 2.45) is 0 Å². The Balaban J connectivity index is 2.50. The predicted molar refractivity (Wildman–Crippen MR) is 80.7 cm³/mol. The second-order valence-corrected chi connectivity index (χ2v) is 5.91. The van der Waals surface area contributed by atoms with Gasteiger partial charge in [-0.15, -0.1) is 0 Å². The number of hydrogen-bond acceptors (Lipinski definition) is 5. The molecule has 0 aromatic carbocycles. The number of piperidine rings is 1. The van der Waals surface area contributed by atoms with Crippen LogP contribution < -0.4 is 4.90 Å².